The van der Waals surface area contributed by atoms with E-state index in [0.29, 0.717) is 29.0 Å². The molecule has 2 heterocycles. The number of fused-ring (bicyclic) bond motifs is 1. The lowest BCUT2D eigenvalue weighted by Crippen LogP contribution is -2.59. The predicted molar refractivity (Wildman–Crippen MR) is 102 cm³/mol. The Morgan fingerprint density at radius 3 is 2.70 bits per heavy atom. The van der Waals surface area contributed by atoms with Crippen LogP contribution < -0.4 is 16.8 Å². The number of nitrogens with one attached hydrogen (secondary N) is 2. The smallest absolute Gasteiger partial charge is 0.283 e. The third-order valence-electron chi connectivity index (χ3n) is 6.60. The van der Waals surface area contributed by atoms with Gasteiger partial charge in [-0.25, -0.2) is 4.98 Å². The molecule has 4 aliphatic rings. The zero-order valence-electron chi connectivity index (χ0n) is 15.0. The number of pyridine rings is 1. The van der Waals surface area contributed by atoms with Crippen molar-refractivity contribution in [2.24, 2.45) is 34.2 Å². The summed E-state index contributed by atoms with van der Waals surface area (Å²) in [5.41, 5.74) is 12.1. The standard InChI is InChI=1S/C19H24N6O2/c20-18(21)25-17(26)13-8-23-16-12(1-2-22-16)15(13)24-14-10-3-9-4-11(14)7-19(27,5-9)6-10/h1-2,8-11,14,27H,3-7H2,(H2,22,23,24)(H4,20,21,25,26)/t9?,10-,11+,14?,19?. The van der Waals surface area contributed by atoms with Crippen molar-refractivity contribution in [3.8, 4) is 0 Å². The summed E-state index contributed by atoms with van der Waals surface area (Å²) in [4.78, 5) is 23.7. The van der Waals surface area contributed by atoms with Gasteiger partial charge in [-0.3, -0.25) is 4.79 Å². The first-order chi connectivity index (χ1) is 12.9. The van der Waals surface area contributed by atoms with Crippen LogP contribution in [0.15, 0.2) is 23.5 Å². The molecule has 0 aromatic carbocycles. The van der Waals surface area contributed by atoms with E-state index in [0.717, 1.165) is 43.2 Å². The Bertz CT molecular complexity index is 931. The van der Waals surface area contributed by atoms with E-state index < -0.39 is 11.5 Å². The van der Waals surface area contributed by atoms with Crippen LogP contribution in [0.2, 0.25) is 0 Å². The van der Waals surface area contributed by atoms with Gasteiger partial charge in [0.2, 0.25) is 0 Å². The Kier molecular flexibility index (Phi) is 3.49. The van der Waals surface area contributed by atoms with Crippen LogP contribution >= 0.6 is 0 Å². The number of guanidine groups is 1. The molecule has 4 saturated carbocycles. The normalized spacial score (nSPS) is 34.0. The number of hydrogen-bond donors (Lipinski definition) is 5. The van der Waals surface area contributed by atoms with E-state index in [4.69, 9.17) is 11.5 Å². The molecule has 6 rings (SSSR count). The molecular formula is C19H24N6O2. The molecule has 0 radical (unpaired) electrons. The number of aromatic amines is 1. The fraction of sp³-hybridized carbons (Fsp3) is 0.526. The highest BCUT2D eigenvalue weighted by atomic mass is 16.3. The van der Waals surface area contributed by atoms with Crippen molar-refractivity contribution in [2.75, 3.05) is 5.32 Å². The third kappa shape index (κ3) is 2.66. The monoisotopic (exact) mass is 368 g/mol. The number of nitrogens with two attached hydrogens (primary N) is 2. The highest BCUT2D eigenvalue weighted by Crippen LogP contribution is 2.56. The summed E-state index contributed by atoms with van der Waals surface area (Å²) in [6, 6.07) is 2.13. The second-order valence-electron chi connectivity index (χ2n) is 8.49. The van der Waals surface area contributed by atoms with Gasteiger partial charge in [0.05, 0.1) is 16.9 Å². The highest BCUT2D eigenvalue weighted by Gasteiger charge is 2.54. The number of aliphatic imine (C=N–C) groups is 1. The Morgan fingerprint density at radius 2 is 2.04 bits per heavy atom. The molecule has 1 amide bonds. The van der Waals surface area contributed by atoms with Crippen molar-refractivity contribution in [3.05, 3.63) is 24.0 Å². The molecule has 4 bridgehead atoms. The zero-order valence-corrected chi connectivity index (χ0v) is 15.0. The van der Waals surface area contributed by atoms with Crippen molar-refractivity contribution < 1.29 is 9.90 Å². The molecule has 0 saturated heterocycles. The van der Waals surface area contributed by atoms with Gasteiger partial charge < -0.3 is 26.9 Å². The van der Waals surface area contributed by atoms with Gasteiger partial charge >= 0.3 is 0 Å². The van der Waals surface area contributed by atoms with E-state index in [-0.39, 0.29) is 12.0 Å². The Labute approximate surface area is 156 Å². The molecule has 2 aromatic heterocycles. The Hall–Kier alpha value is -2.61. The predicted octanol–water partition coefficient (Wildman–Crippen LogP) is 1.33. The maximum absolute atomic E-state index is 12.6. The second-order valence-corrected chi connectivity index (χ2v) is 8.49. The number of hydrogen-bond acceptors (Lipinski definition) is 4. The van der Waals surface area contributed by atoms with E-state index in [1.54, 1.807) is 6.20 Å². The van der Waals surface area contributed by atoms with E-state index in [1.807, 2.05) is 6.07 Å². The SMILES string of the molecule is NC(N)=NC(=O)c1cnc2[nH]ccc2c1NC1[C@@H]2CC3C[C@H]1CC(O)(C3)C2. The first kappa shape index (κ1) is 16.6. The topological polar surface area (TPSA) is 142 Å². The maximum atomic E-state index is 12.6. The number of carbonyl (C=O) groups is 1. The summed E-state index contributed by atoms with van der Waals surface area (Å²) in [6.07, 6.45) is 8.19. The minimum atomic E-state index is -0.504. The molecule has 2 aromatic rings. The summed E-state index contributed by atoms with van der Waals surface area (Å²) in [5.74, 6) is 0.675. The van der Waals surface area contributed by atoms with E-state index in [2.05, 4.69) is 20.3 Å². The molecule has 7 N–H and O–H groups in total. The molecule has 27 heavy (non-hydrogen) atoms. The number of H-pyrrole nitrogens is 1. The third-order valence-corrected chi connectivity index (χ3v) is 6.60. The van der Waals surface area contributed by atoms with E-state index >= 15 is 0 Å². The fourth-order valence-electron chi connectivity index (χ4n) is 5.89. The van der Waals surface area contributed by atoms with Gasteiger partial charge in [0.1, 0.15) is 5.65 Å². The summed E-state index contributed by atoms with van der Waals surface area (Å²) in [5, 5.41) is 15.3. The minimum Gasteiger partial charge on any atom is -0.390 e. The Morgan fingerprint density at radius 1 is 1.30 bits per heavy atom. The van der Waals surface area contributed by atoms with E-state index in [9.17, 15) is 9.90 Å². The fourth-order valence-corrected chi connectivity index (χ4v) is 5.89. The molecule has 0 aliphatic heterocycles. The molecule has 142 valence electrons. The average molecular weight is 368 g/mol. The molecule has 5 atom stereocenters. The first-order valence-corrected chi connectivity index (χ1v) is 9.51. The van der Waals surface area contributed by atoms with Crippen LogP contribution in [0.1, 0.15) is 42.5 Å². The molecular weight excluding hydrogens is 344 g/mol. The minimum absolute atomic E-state index is 0.230. The van der Waals surface area contributed by atoms with Crippen molar-refractivity contribution in [3.63, 3.8) is 0 Å². The number of carbonyl (C=O) groups excluding carboxylic acids is 1. The average Bonchev–Trinajstić information content (AvgIpc) is 3.04. The van der Waals surface area contributed by atoms with Crippen molar-refractivity contribution in [1.29, 1.82) is 0 Å². The summed E-state index contributed by atoms with van der Waals surface area (Å²) in [6.45, 7) is 0. The maximum Gasteiger partial charge on any atom is 0.283 e. The van der Waals surface area contributed by atoms with Gasteiger partial charge in [0.15, 0.2) is 5.96 Å². The largest absolute Gasteiger partial charge is 0.390 e. The van der Waals surface area contributed by atoms with Crippen LogP contribution in [0.5, 0.6) is 0 Å². The lowest BCUT2D eigenvalue weighted by Gasteiger charge is -2.58. The molecule has 8 nitrogen and oxygen atoms in total. The second kappa shape index (κ2) is 5.69. The number of aliphatic hydroxyl groups is 1. The Balaban J connectivity index is 1.54. The quantitative estimate of drug-likeness (QED) is 0.408. The van der Waals surface area contributed by atoms with Crippen LogP contribution in [-0.2, 0) is 0 Å². The number of nitrogens with zero attached hydrogens (tertiary/aromatic N) is 2. The molecule has 3 unspecified atom stereocenters. The van der Waals surface area contributed by atoms with Gasteiger partial charge in [-0.2, -0.15) is 4.99 Å². The van der Waals surface area contributed by atoms with Crippen LogP contribution in [-0.4, -0.2) is 38.6 Å². The zero-order chi connectivity index (χ0) is 18.8. The lowest BCUT2D eigenvalue weighted by atomic mass is 9.52. The van der Waals surface area contributed by atoms with Crippen LogP contribution in [0.4, 0.5) is 5.69 Å². The molecule has 0 spiro atoms. The van der Waals surface area contributed by atoms with Crippen LogP contribution in [0, 0.1) is 17.8 Å². The van der Waals surface area contributed by atoms with Crippen molar-refractivity contribution in [2.45, 2.75) is 43.7 Å². The summed E-state index contributed by atoms with van der Waals surface area (Å²) in [7, 11) is 0. The van der Waals surface area contributed by atoms with Crippen LogP contribution in [0.3, 0.4) is 0 Å². The summed E-state index contributed by atoms with van der Waals surface area (Å²) < 4.78 is 0. The van der Waals surface area contributed by atoms with Crippen molar-refractivity contribution >= 4 is 28.6 Å². The number of amides is 1. The number of rotatable bonds is 3. The number of anilines is 1. The first-order valence-electron chi connectivity index (χ1n) is 9.51. The van der Waals surface area contributed by atoms with Gasteiger partial charge in [-0.05, 0) is 55.9 Å². The van der Waals surface area contributed by atoms with Gasteiger partial charge in [0, 0.05) is 23.8 Å². The highest BCUT2D eigenvalue weighted by molar-refractivity contribution is 6.10. The lowest BCUT2D eigenvalue weighted by molar-refractivity contribution is -0.129. The molecule has 4 aliphatic carbocycles. The van der Waals surface area contributed by atoms with Gasteiger partial charge in [-0.1, -0.05) is 0 Å². The van der Waals surface area contributed by atoms with Crippen molar-refractivity contribution in [1.82, 2.24) is 9.97 Å². The summed E-state index contributed by atoms with van der Waals surface area (Å²) >= 11 is 0. The number of aromatic nitrogens is 2. The molecule has 4 fully saturated rings. The van der Waals surface area contributed by atoms with Gasteiger partial charge in [-0.15, -0.1) is 0 Å². The van der Waals surface area contributed by atoms with Crippen LogP contribution in [0.25, 0.3) is 11.0 Å². The van der Waals surface area contributed by atoms with E-state index in [1.165, 1.54) is 6.20 Å². The molecule has 8 heteroatoms. The van der Waals surface area contributed by atoms with Gasteiger partial charge in [0.25, 0.3) is 5.91 Å².